The summed E-state index contributed by atoms with van der Waals surface area (Å²) in [5.74, 6) is 0.797. The summed E-state index contributed by atoms with van der Waals surface area (Å²) in [6, 6.07) is 0.422. The Labute approximate surface area is 76.1 Å². The second kappa shape index (κ2) is 4.83. The van der Waals surface area contributed by atoms with E-state index in [1.165, 1.54) is 32.4 Å². The number of rotatable bonds is 3. The fourth-order valence-electron chi connectivity index (χ4n) is 2.08. The zero-order valence-electron chi connectivity index (χ0n) is 8.42. The maximum absolute atomic E-state index is 5.95. The molecule has 2 heteroatoms. The third-order valence-corrected chi connectivity index (χ3v) is 2.60. The number of nitrogens with two attached hydrogens (primary N) is 1. The smallest absolute Gasteiger partial charge is 0.0170 e. The number of piperidine rings is 1. The second-order valence-corrected chi connectivity index (χ2v) is 4.21. The maximum Gasteiger partial charge on any atom is 0.0170 e. The van der Waals surface area contributed by atoms with E-state index in [1.807, 2.05) is 0 Å². The van der Waals surface area contributed by atoms with Gasteiger partial charge in [-0.25, -0.2) is 0 Å². The van der Waals surface area contributed by atoms with Crippen LogP contribution >= 0.6 is 0 Å². The minimum Gasteiger partial charge on any atom is -0.327 e. The molecular weight excluding hydrogens is 148 g/mol. The minimum atomic E-state index is 0.422. The Morgan fingerprint density at radius 3 is 2.75 bits per heavy atom. The SMILES string of the molecule is CCCCN1CC(C)CC(N)C1. The summed E-state index contributed by atoms with van der Waals surface area (Å²) in [4.78, 5) is 2.52. The normalized spacial score (nSPS) is 32.2. The van der Waals surface area contributed by atoms with Crippen LogP contribution in [0.2, 0.25) is 0 Å². The summed E-state index contributed by atoms with van der Waals surface area (Å²) in [5.41, 5.74) is 5.95. The van der Waals surface area contributed by atoms with Gasteiger partial charge < -0.3 is 10.6 Å². The fourth-order valence-corrected chi connectivity index (χ4v) is 2.08. The summed E-state index contributed by atoms with van der Waals surface area (Å²) in [6.07, 6.45) is 3.82. The van der Waals surface area contributed by atoms with Gasteiger partial charge in [0.15, 0.2) is 0 Å². The molecule has 2 N–H and O–H groups in total. The lowest BCUT2D eigenvalue weighted by atomic mass is 9.96. The first-order chi connectivity index (χ1) is 5.72. The average Bonchev–Trinajstić information content (AvgIpc) is 1.99. The van der Waals surface area contributed by atoms with E-state index in [-0.39, 0.29) is 0 Å². The van der Waals surface area contributed by atoms with Crippen molar-refractivity contribution in [2.45, 2.75) is 39.2 Å². The van der Waals surface area contributed by atoms with Crippen molar-refractivity contribution in [1.82, 2.24) is 4.90 Å². The maximum atomic E-state index is 5.95. The molecule has 0 amide bonds. The Morgan fingerprint density at radius 2 is 2.17 bits per heavy atom. The van der Waals surface area contributed by atoms with Gasteiger partial charge in [0.2, 0.25) is 0 Å². The van der Waals surface area contributed by atoms with Gasteiger partial charge in [-0.3, -0.25) is 0 Å². The number of hydrogen-bond donors (Lipinski definition) is 1. The van der Waals surface area contributed by atoms with Crippen molar-refractivity contribution in [1.29, 1.82) is 0 Å². The Morgan fingerprint density at radius 1 is 1.42 bits per heavy atom. The predicted molar refractivity (Wildman–Crippen MR) is 53.1 cm³/mol. The largest absolute Gasteiger partial charge is 0.327 e. The molecule has 1 heterocycles. The molecule has 1 saturated heterocycles. The predicted octanol–water partition coefficient (Wildman–Crippen LogP) is 1.46. The van der Waals surface area contributed by atoms with E-state index in [4.69, 9.17) is 5.73 Å². The van der Waals surface area contributed by atoms with Crippen molar-refractivity contribution in [3.05, 3.63) is 0 Å². The van der Waals surface area contributed by atoms with Gasteiger partial charge in [0.25, 0.3) is 0 Å². The molecule has 1 rings (SSSR count). The van der Waals surface area contributed by atoms with Crippen LogP contribution in [-0.4, -0.2) is 30.6 Å². The van der Waals surface area contributed by atoms with E-state index in [9.17, 15) is 0 Å². The van der Waals surface area contributed by atoms with Gasteiger partial charge in [-0.1, -0.05) is 20.3 Å². The Kier molecular flexibility index (Phi) is 4.02. The van der Waals surface area contributed by atoms with Crippen LogP contribution in [0.3, 0.4) is 0 Å². The van der Waals surface area contributed by atoms with Crippen LogP contribution in [0.1, 0.15) is 33.1 Å². The molecule has 1 fully saturated rings. The zero-order valence-corrected chi connectivity index (χ0v) is 8.42. The highest BCUT2D eigenvalue weighted by Crippen LogP contribution is 2.14. The monoisotopic (exact) mass is 170 g/mol. The van der Waals surface area contributed by atoms with E-state index in [1.54, 1.807) is 0 Å². The highest BCUT2D eigenvalue weighted by molar-refractivity contribution is 4.78. The van der Waals surface area contributed by atoms with Crippen LogP contribution < -0.4 is 5.73 Å². The summed E-state index contributed by atoms with van der Waals surface area (Å²) in [6.45, 7) is 8.16. The van der Waals surface area contributed by atoms with Crippen molar-refractivity contribution in [3.8, 4) is 0 Å². The number of nitrogens with zero attached hydrogens (tertiary/aromatic N) is 1. The molecule has 0 saturated carbocycles. The van der Waals surface area contributed by atoms with E-state index in [0.717, 1.165) is 12.5 Å². The molecule has 0 bridgehead atoms. The van der Waals surface area contributed by atoms with E-state index < -0.39 is 0 Å². The fraction of sp³-hybridized carbons (Fsp3) is 1.00. The third-order valence-electron chi connectivity index (χ3n) is 2.60. The molecule has 72 valence electrons. The quantitative estimate of drug-likeness (QED) is 0.694. The van der Waals surface area contributed by atoms with Gasteiger partial charge in [0, 0.05) is 19.1 Å². The first kappa shape index (κ1) is 10.0. The van der Waals surface area contributed by atoms with Gasteiger partial charge >= 0.3 is 0 Å². The first-order valence-electron chi connectivity index (χ1n) is 5.20. The number of likely N-dealkylation sites (tertiary alicyclic amines) is 1. The van der Waals surface area contributed by atoms with E-state index in [0.29, 0.717) is 6.04 Å². The van der Waals surface area contributed by atoms with Crippen molar-refractivity contribution in [3.63, 3.8) is 0 Å². The molecule has 12 heavy (non-hydrogen) atoms. The Bertz CT molecular complexity index is 115. The third kappa shape index (κ3) is 3.11. The van der Waals surface area contributed by atoms with Crippen molar-refractivity contribution < 1.29 is 0 Å². The van der Waals surface area contributed by atoms with E-state index >= 15 is 0 Å². The van der Waals surface area contributed by atoms with E-state index in [2.05, 4.69) is 18.7 Å². The Balaban J connectivity index is 2.24. The average molecular weight is 170 g/mol. The zero-order chi connectivity index (χ0) is 8.97. The van der Waals surface area contributed by atoms with Gasteiger partial charge in [-0.15, -0.1) is 0 Å². The van der Waals surface area contributed by atoms with Gasteiger partial charge in [-0.05, 0) is 25.3 Å². The summed E-state index contributed by atoms with van der Waals surface area (Å²) in [7, 11) is 0. The second-order valence-electron chi connectivity index (χ2n) is 4.21. The van der Waals surface area contributed by atoms with Gasteiger partial charge in [0.1, 0.15) is 0 Å². The first-order valence-corrected chi connectivity index (χ1v) is 5.20. The summed E-state index contributed by atoms with van der Waals surface area (Å²) >= 11 is 0. The highest BCUT2D eigenvalue weighted by atomic mass is 15.1. The summed E-state index contributed by atoms with van der Waals surface area (Å²) in [5, 5.41) is 0. The van der Waals surface area contributed by atoms with Crippen LogP contribution in [0.5, 0.6) is 0 Å². The highest BCUT2D eigenvalue weighted by Gasteiger charge is 2.20. The Hall–Kier alpha value is -0.0800. The molecule has 0 aromatic heterocycles. The molecule has 0 aromatic rings. The molecule has 0 radical (unpaired) electrons. The molecule has 1 aliphatic heterocycles. The molecule has 2 unspecified atom stereocenters. The molecular formula is C10H22N2. The minimum absolute atomic E-state index is 0.422. The molecule has 1 aliphatic rings. The van der Waals surface area contributed by atoms with Crippen LogP contribution in [0.4, 0.5) is 0 Å². The molecule has 2 atom stereocenters. The van der Waals surface area contributed by atoms with Crippen molar-refractivity contribution in [2.75, 3.05) is 19.6 Å². The number of hydrogen-bond acceptors (Lipinski definition) is 2. The van der Waals surface area contributed by atoms with Gasteiger partial charge in [0.05, 0.1) is 0 Å². The van der Waals surface area contributed by atoms with Crippen LogP contribution in [0, 0.1) is 5.92 Å². The lowest BCUT2D eigenvalue weighted by molar-refractivity contribution is 0.163. The van der Waals surface area contributed by atoms with Crippen LogP contribution in [-0.2, 0) is 0 Å². The molecule has 0 aromatic carbocycles. The lowest BCUT2D eigenvalue weighted by Crippen LogP contribution is -2.46. The lowest BCUT2D eigenvalue weighted by Gasteiger charge is -2.34. The van der Waals surface area contributed by atoms with Crippen molar-refractivity contribution in [2.24, 2.45) is 11.7 Å². The molecule has 2 nitrogen and oxygen atoms in total. The molecule has 0 aliphatic carbocycles. The van der Waals surface area contributed by atoms with Crippen LogP contribution in [0.25, 0.3) is 0 Å². The number of unbranched alkanes of at least 4 members (excludes halogenated alkanes) is 1. The molecule has 0 spiro atoms. The van der Waals surface area contributed by atoms with Crippen molar-refractivity contribution >= 4 is 0 Å². The topological polar surface area (TPSA) is 29.3 Å². The standard InChI is InChI=1S/C10H22N2/c1-3-4-5-12-7-9(2)6-10(11)8-12/h9-10H,3-8,11H2,1-2H3. The van der Waals surface area contributed by atoms with Crippen LogP contribution in [0.15, 0.2) is 0 Å². The van der Waals surface area contributed by atoms with Gasteiger partial charge in [-0.2, -0.15) is 0 Å². The summed E-state index contributed by atoms with van der Waals surface area (Å²) < 4.78 is 0.